The molecule has 2 bridgehead atoms. The third kappa shape index (κ3) is 3.83. The summed E-state index contributed by atoms with van der Waals surface area (Å²) in [6.07, 6.45) is 4.91. The van der Waals surface area contributed by atoms with Gasteiger partial charge in [0.2, 0.25) is 5.88 Å². The average Bonchev–Trinajstić information content (AvgIpc) is 3.54. The number of aromatic amines is 1. The van der Waals surface area contributed by atoms with Gasteiger partial charge < -0.3 is 24.1 Å². The van der Waals surface area contributed by atoms with Gasteiger partial charge >= 0.3 is 6.09 Å². The number of fused-ring (bicyclic) bond motifs is 3. The number of nitriles is 1. The molecule has 1 aromatic carbocycles. The Bertz CT molecular complexity index is 1290. The van der Waals surface area contributed by atoms with Gasteiger partial charge in [-0.25, -0.2) is 9.78 Å². The number of nitrogens with zero attached hydrogens (tertiary/aromatic N) is 4. The van der Waals surface area contributed by atoms with Crippen LogP contribution in [0.25, 0.3) is 22.2 Å². The van der Waals surface area contributed by atoms with Gasteiger partial charge in [0.1, 0.15) is 29.6 Å². The van der Waals surface area contributed by atoms with Gasteiger partial charge in [0.25, 0.3) is 0 Å². The number of amides is 1. The van der Waals surface area contributed by atoms with E-state index in [2.05, 4.69) is 21.0 Å². The zero-order chi connectivity index (χ0) is 23.2. The van der Waals surface area contributed by atoms with Crippen LogP contribution in [0.4, 0.5) is 4.79 Å². The third-order valence-corrected chi connectivity index (χ3v) is 6.93. The normalized spacial score (nSPS) is 24.0. The second-order valence-corrected chi connectivity index (χ2v) is 9.45. The number of halogens is 1. The van der Waals surface area contributed by atoms with Crippen molar-refractivity contribution >= 4 is 28.7 Å². The molecule has 4 heterocycles. The number of hydrogen-bond donors (Lipinski definition) is 1. The van der Waals surface area contributed by atoms with Gasteiger partial charge in [0, 0.05) is 47.3 Å². The van der Waals surface area contributed by atoms with E-state index < -0.39 is 0 Å². The van der Waals surface area contributed by atoms with E-state index in [-0.39, 0.29) is 30.1 Å². The van der Waals surface area contributed by atoms with E-state index in [1.54, 1.807) is 17.0 Å². The minimum absolute atomic E-state index is 0.0201. The van der Waals surface area contributed by atoms with Crippen LogP contribution >= 0.6 is 11.6 Å². The Morgan fingerprint density at radius 3 is 2.71 bits per heavy atom. The smallest absolute Gasteiger partial charge is 0.410 e. The highest BCUT2D eigenvalue weighted by atomic mass is 35.5. The van der Waals surface area contributed by atoms with Crippen molar-refractivity contribution in [2.45, 2.75) is 25.0 Å². The molecule has 2 aromatic heterocycles. The van der Waals surface area contributed by atoms with Crippen LogP contribution in [0.5, 0.6) is 5.88 Å². The van der Waals surface area contributed by atoms with Gasteiger partial charge in [-0.2, -0.15) is 10.2 Å². The van der Waals surface area contributed by atoms with Crippen LogP contribution in [-0.2, 0) is 9.47 Å². The predicted molar refractivity (Wildman–Crippen MR) is 122 cm³/mol. The van der Waals surface area contributed by atoms with Crippen molar-refractivity contribution < 1.29 is 19.0 Å². The standard InChI is InChI=1S/C24H22ClN5O4/c25-19-5-13(6-26)1-4-17(19)18-7-27-21-20(18)28-12-29-23(21)34-22-14-8-30(9-15(22)11-32-10-14)24(31)33-16-2-3-16/h1,4-5,7,12,14-16,22,27H,2-3,8-11H2. The van der Waals surface area contributed by atoms with Crippen molar-refractivity contribution in [1.29, 1.82) is 5.26 Å². The maximum atomic E-state index is 12.5. The molecule has 1 N–H and O–H groups in total. The van der Waals surface area contributed by atoms with Crippen LogP contribution in [0.1, 0.15) is 18.4 Å². The molecule has 2 saturated heterocycles. The summed E-state index contributed by atoms with van der Waals surface area (Å²) in [5, 5.41) is 9.58. The SMILES string of the molecule is N#Cc1ccc(-c2c[nH]c3c(OC4C5COCC4CN(C(=O)OC4CC4)C5)ncnc23)c(Cl)c1. The first-order valence-corrected chi connectivity index (χ1v) is 11.7. The molecule has 3 aliphatic rings. The summed E-state index contributed by atoms with van der Waals surface area (Å²) >= 11 is 6.44. The number of ether oxygens (including phenoxy) is 3. The molecule has 2 unspecified atom stereocenters. The molecular formula is C24H22ClN5O4. The zero-order valence-electron chi connectivity index (χ0n) is 18.2. The van der Waals surface area contributed by atoms with Crippen LogP contribution in [0.2, 0.25) is 5.02 Å². The topological polar surface area (TPSA) is 113 Å². The van der Waals surface area contributed by atoms with E-state index in [1.165, 1.54) is 6.33 Å². The first-order valence-electron chi connectivity index (χ1n) is 11.3. The van der Waals surface area contributed by atoms with Crippen LogP contribution < -0.4 is 4.74 Å². The van der Waals surface area contributed by atoms with E-state index in [0.717, 1.165) is 24.0 Å². The van der Waals surface area contributed by atoms with Gasteiger partial charge in [-0.3, -0.25) is 0 Å². The number of piperidine rings is 1. The second-order valence-electron chi connectivity index (χ2n) is 9.04. The van der Waals surface area contributed by atoms with Gasteiger partial charge in [-0.05, 0) is 25.0 Å². The Hall–Kier alpha value is -3.35. The summed E-state index contributed by atoms with van der Waals surface area (Å²) in [6, 6.07) is 7.26. The second kappa shape index (κ2) is 8.46. The average molecular weight is 480 g/mol. The molecule has 3 fully saturated rings. The number of benzene rings is 1. The number of aromatic nitrogens is 3. The van der Waals surface area contributed by atoms with E-state index in [4.69, 9.17) is 31.1 Å². The summed E-state index contributed by atoms with van der Waals surface area (Å²) in [6.45, 7) is 2.08. The number of likely N-dealkylation sites (tertiary alicyclic amines) is 1. The largest absolute Gasteiger partial charge is 0.472 e. The van der Waals surface area contributed by atoms with E-state index in [9.17, 15) is 4.79 Å². The molecule has 3 aromatic rings. The fraction of sp³-hybridized carbons (Fsp3) is 0.417. The third-order valence-electron chi connectivity index (χ3n) is 6.62. The first-order chi connectivity index (χ1) is 16.6. The Balaban J connectivity index is 1.26. The van der Waals surface area contributed by atoms with Gasteiger partial charge in [-0.1, -0.05) is 17.7 Å². The highest BCUT2D eigenvalue weighted by molar-refractivity contribution is 6.33. The quantitative estimate of drug-likeness (QED) is 0.605. The lowest BCUT2D eigenvalue weighted by Gasteiger charge is -2.45. The maximum absolute atomic E-state index is 12.5. The summed E-state index contributed by atoms with van der Waals surface area (Å²) in [4.78, 5) is 26.4. The van der Waals surface area contributed by atoms with Crippen molar-refractivity contribution in [3.8, 4) is 23.1 Å². The highest BCUT2D eigenvalue weighted by Gasteiger charge is 2.45. The molecule has 0 radical (unpaired) electrons. The number of nitrogens with one attached hydrogen (secondary N) is 1. The fourth-order valence-corrected chi connectivity index (χ4v) is 5.07. The van der Waals surface area contributed by atoms with Crippen molar-refractivity contribution in [3.05, 3.63) is 41.3 Å². The monoisotopic (exact) mass is 479 g/mol. The lowest BCUT2D eigenvalue weighted by molar-refractivity contribution is -0.109. The minimum atomic E-state index is -0.240. The molecular weight excluding hydrogens is 458 g/mol. The molecule has 1 saturated carbocycles. The molecule has 10 heteroatoms. The molecule has 34 heavy (non-hydrogen) atoms. The minimum Gasteiger partial charge on any atom is -0.472 e. The molecule has 0 spiro atoms. The zero-order valence-corrected chi connectivity index (χ0v) is 19.0. The van der Waals surface area contributed by atoms with Gasteiger partial charge in [0.15, 0.2) is 0 Å². The molecule has 9 nitrogen and oxygen atoms in total. The maximum Gasteiger partial charge on any atom is 0.410 e. The van der Waals surface area contributed by atoms with Crippen molar-refractivity contribution in [2.24, 2.45) is 11.8 Å². The number of carbonyl (C=O) groups excluding carboxylic acids is 1. The fourth-order valence-electron chi connectivity index (χ4n) is 4.79. The summed E-state index contributed by atoms with van der Waals surface area (Å²) in [7, 11) is 0. The molecule has 174 valence electrons. The van der Waals surface area contributed by atoms with E-state index in [0.29, 0.717) is 53.8 Å². The number of carbonyl (C=O) groups is 1. The number of rotatable bonds is 4. The number of H-pyrrole nitrogens is 1. The summed E-state index contributed by atoms with van der Waals surface area (Å²) in [5.74, 6) is 0.496. The number of hydrogen-bond acceptors (Lipinski definition) is 7. The summed E-state index contributed by atoms with van der Waals surface area (Å²) in [5.41, 5.74) is 3.42. The first kappa shape index (κ1) is 21.2. The van der Waals surface area contributed by atoms with Crippen molar-refractivity contribution in [2.75, 3.05) is 26.3 Å². The molecule has 1 aliphatic carbocycles. The summed E-state index contributed by atoms with van der Waals surface area (Å²) < 4.78 is 17.7. The molecule has 2 atom stereocenters. The Kier molecular flexibility index (Phi) is 5.27. The highest BCUT2D eigenvalue weighted by Crippen LogP contribution is 2.37. The molecule has 1 amide bonds. The Labute approximate surface area is 200 Å². The molecule has 2 aliphatic heterocycles. The lowest BCUT2D eigenvalue weighted by atomic mass is 9.84. The van der Waals surface area contributed by atoms with Crippen LogP contribution in [0.3, 0.4) is 0 Å². The Morgan fingerprint density at radius 1 is 1.21 bits per heavy atom. The predicted octanol–water partition coefficient (Wildman–Crippen LogP) is 3.77. The lowest BCUT2D eigenvalue weighted by Crippen LogP contribution is -2.58. The van der Waals surface area contributed by atoms with E-state index in [1.807, 2.05) is 12.3 Å². The van der Waals surface area contributed by atoms with Crippen molar-refractivity contribution in [3.63, 3.8) is 0 Å². The van der Waals surface area contributed by atoms with Crippen molar-refractivity contribution in [1.82, 2.24) is 19.9 Å². The van der Waals surface area contributed by atoms with Crippen LogP contribution in [0.15, 0.2) is 30.7 Å². The van der Waals surface area contributed by atoms with Gasteiger partial charge in [0.05, 0.1) is 24.8 Å². The van der Waals surface area contributed by atoms with Gasteiger partial charge in [-0.15, -0.1) is 0 Å². The van der Waals surface area contributed by atoms with Crippen LogP contribution in [-0.4, -0.2) is 64.5 Å². The van der Waals surface area contributed by atoms with Crippen LogP contribution in [0, 0.1) is 23.2 Å². The Morgan fingerprint density at radius 2 is 2.00 bits per heavy atom. The van der Waals surface area contributed by atoms with E-state index >= 15 is 0 Å². The molecule has 6 rings (SSSR count).